The predicted molar refractivity (Wildman–Crippen MR) is 73.2 cm³/mol. The van der Waals surface area contributed by atoms with E-state index >= 15 is 0 Å². The zero-order chi connectivity index (χ0) is 16.0. The number of urea groups is 1. The minimum atomic E-state index is -3.89. The summed E-state index contributed by atoms with van der Waals surface area (Å²) in [5.41, 5.74) is -0.0464. The number of esters is 1. The largest absolute Gasteiger partial charge is 0.452 e. The quantitative estimate of drug-likeness (QED) is 0.613. The number of amides is 3. The maximum Gasteiger partial charge on any atom is 0.339 e. The van der Waals surface area contributed by atoms with Crippen molar-refractivity contribution < 1.29 is 27.5 Å². The second kappa shape index (κ2) is 7.15. The van der Waals surface area contributed by atoms with Gasteiger partial charge in [0.25, 0.3) is 5.91 Å². The number of ether oxygens (including phenoxy) is 1. The fourth-order valence-corrected chi connectivity index (χ4v) is 2.73. The number of rotatable bonds is 5. The summed E-state index contributed by atoms with van der Waals surface area (Å²) in [5, 5.41) is 10.4. The molecule has 1 heterocycles. The average Bonchev–Trinajstić information content (AvgIpc) is 2.85. The number of nitrogens with two attached hydrogens (primary N) is 1. The Balaban J connectivity index is 2.53. The molecule has 3 amide bonds. The van der Waals surface area contributed by atoms with E-state index in [0.717, 1.165) is 17.4 Å². The number of carbonyl (C=O) groups excluding carboxylic acids is 3. The monoisotopic (exact) mass is 335 g/mol. The normalized spacial score (nSPS) is 10.8. The molecule has 0 aliphatic carbocycles. The van der Waals surface area contributed by atoms with Gasteiger partial charge in [-0.05, 0) is 13.0 Å². The fraction of sp³-hybridized carbons (Fsp3) is 0.300. The van der Waals surface area contributed by atoms with Crippen LogP contribution in [-0.4, -0.2) is 39.5 Å². The van der Waals surface area contributed by atoms with Crippen molar-refractivity contribution >= 4 is 39.3 Å². The van der Waals surface area contributed by atoms with Crippen molar-refractivity contribution in [1.82, 2.24) is 10.6 Å². The standard InChI is InChI=1S/C10H13N3O6S2/c1-2-12-10(16)13-7(14)4-19-9(15)6-3-8(20-5-6)21(11,17)18/h3,5H,2,4H2,1H3,(H2,11,17,18)(H2,12,13,14,16). The van der Waals surface area contributed by atoms with E-state index in [4.69, 9.17) is 5.14 Å². The topological polar surface area (TPSA) is 145 Å². The first-order chi connectivity index (χ1) is 9.74. The molecule has 1 aromatic rings. The number of hydrogen-bond acceptors (Lipinski definition) is 7. The fourth-order valence-electron chi connectivity index (χ4n) is 1.15. The van der Waals surface area contributed by atoms with Gasteiger partial charge in [0.1, 0.15) is 4.21 Å². The summed E-state index contributed by atoms with van der Waals surface area (Å²) in [6.07, 6.45) is 0. The van der Waals surface area contributed by atoms with Crippen LogP contribution >= 0.6 is 11.3 Å². The molecule has 0 aromatic carbocycles. The van der Waals surface area contributed by atoms with E-state index in [9.17, 15) is 22.8 Å². The highest BCUT2D eigenvalue weighted by molar-refractivity contribution is 7.91. The lowest BCUT2D eigenvalue weighted by molar-refractivity contribution is -0.123. The number of sulfonamides is 1. The molecule has 21 heavy (non-hydrogen) atoms. The molecule has 0 aliphatic rings. The molecular weight excluding hydrogens is 322 g/mol. The SMILES string of the molecule is CCNC(=O)NC(=O)COC(=O)c1csc(S(N)(=O)=O)c1. The van der Waals surface area contributed by atoms with Crippen LogP contribution in [0.25, 0.3) is 0 Å². The van der Waals surface area contributed by atoms with Crippen LogP contribution in [0.15, 0.2) is 15.7 Å². The molecule has 9 nitrogen and oxygen atoms in total. The Bertz CT molecular complexity index is 652. The lowest BCUT2D eigenvalue weighted by atomic mass is 10.3. The summed E-state index contributed by atoms with van der Waals surface area (Å²) >= 11 is 0.758. The smallest absolute Gasteiger partial charge is 0.339 e. The van der Waals surface area contributed by atoms with Crippen molar-refractivity contribution in [3.63, 3.8) is 0 Å². The van der Waals surface area contributed by atoms with Gasteiger partial charge in [-0.2, -0.15) is 0 Å². The first-order valence-corrected chi connectivity index (χ1v) is 8.02. The molecule has 1 aromatic heterocycles. The summed E-state index contributed by atoms with van der Waals surface area (Å²) < 4.78 is 26.5. The molecule has 0 bridgehead atoms. The highest BCUT2D eigenvalue weighted by Gasteiger charge is 2.17. The molecule has 11 heteroatoms. The number of nitrogens with one attached hydrogen (secondary N) is 2. The predicted octanol–water partition coefficient (Wildman–Crippen LogP) is -0.602. The Kier molecular flexibility index (Phi) is 5.81. The van der Waals surface area contributed by atoms with Gasteiger partial charge in [0.2, 0.25) is 10.0 Å². The van der Waals surface area contributed by atoms with Gasteiger partial charge in [-0.3, -0.25) is 10.1 Å². The van der Waals surface area contributed by atoms with Gasteiger partial charge < -0.3 is 10.1 Å². The van der Waals surface area contributed by atoms with Gasteiger partial charge in [-0.25, -0.2) is 23.1 Å². The minimum Gasteiger partial charge on any atom is -0.452 e. The molecule has 0 aliphatic heterocycles. The summed E-state index contributed by atoms with van der Waals surface area (Å²) in [5.74, 6) is -1.71. The van der Waals surface area contributed by atoms with Gasteiger partial charge >= 0.3 is 12.0 Å². The van der Waals surface area contributed by atoms with Crippen LogP contribution < -0.4 is 15.8 Å². The molecule has 0 unspecified atom stereocenters. The number of carbonyl (C=O) groups is 3. The number of primary sulfonamides is 1. The second-order valence-corrected chi connectivity index (χ2v) is 6.38. The third-order valence-corrected chi connectivity index (χ3v) is 4.40. The van der Waals surface area contributed by atoms with Crippen molar-refractivity contribution in [2.75, 3.05) is 13.2 Å². The van der Waals surface area contributed by atoms with E-state index in [0.29, 0.717) is 6.54 Å². The van der Waals surface area contributed by atoms with Crippen LogP contribution in [-0.2, 0) is 19.6 Å². The van der Waals surface area contributed by atoms with Crippen molar-refractivity contribution in [2.24, 2.45) is 5.14 Å². The lowest BCUT2D eigenvalue weighted by Crippen LogP contribution is -2.41. The Morgan fingerprint density at radius 2 is 2.05 bits per heavy atom. The third kappa shape index (κ3) is 5.49. The van der Waals surface area contributed by atoms with Gasteiger partial charge in [0.05, 0.1) is 5.56 Å². The van der Waals surface area contributed by atoms with Crippen LogP contribution in [0, 0.1) is 0 Å². The molecule has 4 N–H and O–H groups in total. The Labute approximate surface area is 124 Å². The van der Waals surface area contributed by atoms with Crippen molar-refractivity contribution in [3.8, 4) is 0 Å². The zero-order valence-electron chi connectivity index (χ0n) is 10.9. The lowest BCUT2D eigenvalue weighted by Gasteiger charge is -2.05. The molecule has 1 rings (SSSR count). The number of imide groups is 1. The number of thiophene rings is 1. The molecule has 0 fully saturated rings. The average molecular weight is 335 g/mol. The van der Waals surface area contributed by atoms with Crippen molar-refractivity contribution in [3.05, 3.63) is 17.0 Å². The van der Waals surface area contributed by atoms with Gasteiger partial charge in [0.15, 0.2) is 6.61 Å². The molecular formula is C10H13N3O6S2. The van der Waals surface area contributed by atoms with E-state index < -0.39 is 34.5 Å². The molecule has 0 saturated carbocycles. The maximum absolute atomic E-state index is 11.6. The maximum atomic E-state index is 11.6. The summed E-state index contributed by atoms with van der Waals surface area (Å²) in [4.78, 5) is 33.9. The molecule has 0 spiro atoms. The highest BCUT2D eigenvalue weighted by atomic mass is 32.2. The summed E-state index contributed by atoms with van der Waals surface area (Å²) in [7, 11) is -3.89. The van der Waals surface area contributed by atoms with Gasteiger partial charge in [-0.15, -0.1) is 11.3 Å². The van der Waals surface area contributed by atoms with Crippen LogP contribution in [0.1, 0.15) is 17.3 Å². The van der Waals surface area contributed by atoms with Crippen LogP contribution in [0.4, 0.5) is 4.79 Å². The van der Waals surface area contributed by atoms with E-state index in [2.05, 4.69) is 10.1 Å². The summed E-state index contributed by atoms with van der Waals surface area (Å²) in [6.45, 7) is 1.34. The molecule has 116 valence electrons. The summed E-state index contributed by atoms with van der Waals surface area (Å²) in [6, 6.07) is 0.343. The highest BCUT2D eigenvalue weighted by Crippen LogP contribution is 2.19. The van der Waals surface area contributed by atoms with Crippen LogP contribution in [0.5, 0.6) is 0 Å². The molecule has 0 saturated heterocycles. The van der Waals surface area contributed by atoms with E-state index in [-0.39, 0.29) is 9.77 Å². The van der Waals surface area contributed by atoms with E-state index in [1.165, 1.54) is 5.38 Å². The van der Waals surface area contributed by atoms with Crippen molar-refractivity contribution in [2.45, 2.75) is 11.1 Å². The van der Waals surface area contributed by atoms with Crippen molar-refractivity contribution in [1.29, 1.82) is 0 Å². The second-order valence-electron chi connectivity index (χ2n) is 3.68. The van der Waals surface area contributed by atoms with Crippen LogP contribution in [0.3, 0.4) is 0 Å². The first-order valence-electron chi connectivity index (χ1n) is 5.60. The third-order valence-electron chi connectivity index (χ3n) is 2.02. The molecule has 0 atom stereocenters. The molecule has 0 radical (unpaired) electrons. The minimum absolute atomic E-state index is 0.0464. The Morgan fingerprint density at radius 3 is 2.57 bits per heavy atom. The Morgan fingerprint density at radius 1 is 1.38 bits per heavy atom. The van der Waals surface area contributed by atoms with E-state index in [1.807, 2.05) is 5.32 Å². The first kappa shape index (κ1) is 17.1. The Hall–Kier alpha value is -1.98. The number of hydrogen-bond donors (Lipinski definition) is 3. The van der Waals surface area contributed by atoms with E-state index in [1.54, 1.807) is 6.92 Å². The van der Waals surface area contributed by atoms with Gasteiger partial charge in [0, 0.05) is 11.9 Å². The van der Waals surface area contributed by atoms with Gasteiger partial charge in [-0.1, -0.05) is 0 Å². The van der Waals surface area contributed by atoms with Crippen LogP contribution in [0.2, 0.25) is 0 Å². The zero-order valence-corrected chi connectivity index (χ0v) is 12.5.